The smallest absolute Gasteiger partial charge is 0.323 e. The Hall–Kier alpha value is -3.87. The van der Waals surface area contributed by atoms with Crippen molar-refractivity contribution in [2.75, 3.05) is 17.7 Å². The maximum atomic E-state index is 12.7. The van der Waals surface area contributed by atoms with Gasteiger partial charge in [-0.3, -0.25) is 4.79 Å². The fourth-order valence-electron chi connectivity index (χ4n) is 4.34. The van der Waals surface area contributed by atoms with E-state index in [0.29, 0.717) is 23.0 Å². The second kappa shape index (κ2) is 9.78. The van der Waals surface area contributed by atoms with Gasteiger partial charge in [-0.05, 0) is 54.2 Å². The number of carbonyl (C=O) groups excluding carboxylic acids is 2. The molecule has 2 amide bonds. The first kappa shape index (κ1) is 24.3. The summed E-state index contributed by atoms with van der Waals surface area (Å²) < 4.78 is 11.1. The molecule has 1 aliphatic carbocycles. The van der Waals surface area contributed by atoms with E-state index in [1.807, 2.05) is 36.4 Å². The Bertz CT molecular complexity index is 1210. The third kappa shape index (κ3) is 5.14. The molecule has 1 aromatic heterocycles. The number of rotatable bonds is 6. The first-order valence-electron chi connectivity index (χ1n) is 11.7. The van der Waals surface area contributed by atoms with E-state index in [4.69, 9.17) is 9.47 Å². The molecule has 7 nitrogen and oxygen atoms in total. The predicted molar refractivity (Wildman–Crippen MR) is 136 cm³/mol. The predicted octanol–water partition coefficient (Wildman–Crippen LogP) is 6.41. The van der Waals surface area contributed by atoms with Crippen molar-refractivity contribution in [1.82, 2.24) is 4.98 Å². The highest BCUT2D eigenvalue weighted by molar-refractivity contribution is 6.00. The standard InChI is InChI=1S/C28H31N3O4/c1-27(2,3)21-9-5-6-11-23(21)35-24-22(10-7-18-29-24)31-26(33)30-20-14-12-19(13-15-20)28(16-8-17-28)25(32)34-4/h5-7,9-15,18H,8,16-17H2,1-4H3,(H2,30,31,33). The average molecular weight is 474 g/mol. The Morgan fingerprint density at radius 1 is 0.943 bits per heavy atom. The van der Waals surface area contributed by atoms with Crippen LogP contribution in [0.1, 0.15) is 51.2 Å². The molecule has 7 heteroatoms. The lowest BCUT2D eigenvalue weighted by Crippen LogP contribution is -2.43. The molecule has 2 N–H and O–H groups in total. The minimum atomic E-state index is -0.569. The molecular weight excluding hydrogens is 442 g/mol. The summed E-state index contributed by atoms with van der Waals surface area (Å²) in [7, 11) is 1.42. The number of nitrogens with zero attached hydrogens (tertiary/aromatic N) is 1. The van der Waals surface area contributed by atoms with Gasteiger partial charge in [0, 0.05) is 17.4 Å². The van der Waals surface area contributed by atoms with Gasteiger partial charge in [-0.15, -0.1) is 0 Å². The van der Waals surface area contributed by atoms with Gasteiger partial charge in [-0.1, -0.05) is 57.5 Å². The number of nitrogens with one attached hydrogen (secondary N) is 2. The lowest BCUT2D eigenvalue weighted by Gasteiger charge is -2.39. The molecule has 2 aromatic carbocycles. The zero-order valence-corrected chi connectivity index (χ0v) is 20.6. The van der Waals surface area contributed by atoms with E-state index in [0.717, 1.165) is 30.4 Å². The van der Waals surface area contributed by atoms with Crippen LogP contribution >= 0.6 is 0 Å². The van der Waals surface area contributed by atoms with Crippen LogP contribution in [0.4, 0.5) is 16.2 Å². The zero-order chi connectivity index (χ0) is 25.1. The van der Waals surface area contributed by atoms with E-state index in [-0.39, 0.29) is 11.4 Å². The van der Waals surface area contributed by atoms with Crippen LogP contribution in [0.5, 0.6) is 11.6 Å². The Balaban J connectivity index is 1.46. The number of methoxy groups -OCH3 is 1. The number of pyridine rings is 1. The lowest BCUT2D eigenvalue weighted by molar-refractivity contribution is -0.151. The molecule has 182 valence electrons. The quantitative estimate of drug-likeness (QED) is 0.404. The molecule has 0 saturated heterocycles. The van der Waals surface area contributed by atoms with Crippen molar-refractivity contribution in [1.29, 1.82) is 0 Å². The summed E-state index contributed by atoms with van der Waals surface area (Å²) >= 11 is 0. The number of urea groups is 1. The van der Waals surface area contributed by atoms with E-state index in [9.17, 15) is 9.59 Å². The van der Waals surface area contributed by atoms with Crippen LogP contribution < -0.4 is 15.4 Å². The Labute approximate surface area is 205 Å². The van der Waals surface area contributed by atoms with Gasteiger partial charge >= 0.3 is 12.0 Å². The molecular formula is C28H31N3O4. The van der Waals surface area contributed by atoms with Gasteiger partial charge in [-0.25, -0.2) is 9.78 Å². The molecule has 1 heterocycles. The van der Waals surface area contributed by atoms with Gasteiger partial charge in [0.1, 0.15) is 11.4 Å². The number of aromatic nitrogens is 1. The minimum Gasteiger partial charge on any atom is -0.468 e. The molecule has 3 aromatic rings. The number of benzene rings is 2. The summed E-state index contributed by atoms with van der Waals surface area (Å²) in [5, 5.41) is 5.65. The van der Waals surface area contributed by atoms with Gasteiger partial charge in [0.15, 0.2) is 0 Å². The number of anilines is 2. The number of hydrogen-bond acceptors (Lipinski definition) is 5. The number of esters is 1. The van der Waals surface area contributed by atoms with Gasteiger partial charge < -0.3 is 20.1 Å². The Morgan fingerprint density at radius 2 is 1.66 bits per heavy atom. The molecule has 0 radical (unpaired) electrons. The molecule has 1 aliphatic rings. The topological polar surface area (TPSA) is 89.5 Å². The van der Waals surface area contributed by atoms with E-state index in [1.54, 1.807) is 30.5 Å². The van der Waals surface area contributed by atoms with Crippen LogP contribution in [-0.4, -0.2) is 24.1 Å². The molecule has 0 atom stereocenters. The third-order valence-corrected chi connectivity index (χ3v) is 6.40. The minimum absolute atomic E-state index is 0.117. The second-order valence-corrected chi connectivity index (χ2v) is 9.79. The molecule has 0 bridgehead atoms. The van der Waals surface area contributed by atoms with Crippen molar-refractivity contribution in [3.05, 3.63) is 78.0 Å². The normalized spacial score (nSPS) is 14.4. The molecule has 0 aliphatic heterocycles. The molecule has 0 spiro atoms. The van der Waals surface area contributed by atoms with Crippen molar-refractivity contribution in [3.63, 3.8) is 0 Å². The highest BCUT2D eigenvalue weighted by Crippen LogP contribution is 2.45. The first-order chi connectivity index (χ1) is 16.7. The van der Waals surface area contributed by atoms with Crippen LogP contribution in [0.15, 0.2) is 66.9 Å². The largest absolute Gasteiger partial charge is 0.468 e. The van der Waals surface area contributed by atoms with Crippen molar-refractivity contribution < 1.29 is 19.1 Å². The summed E-state index contributed by atoms with van der Waals surface area (Å²) in [6, 6.07) is 18.2. The summed E-state index contributed by atoms with van der Waals surface area (Å²) in [6.45, 7) is 6.34. The maximum absolute atomic E-state index is 12.7. The van der Waals surface area contributed by atoms with Crippen LogP contribution in [0.3, 0.4) is 0 Å². The van der Waals surface area contributed by atoms with E-state index in [2.05, 4.69) is 36.4 Å². The zero-order valence-electron chi connectivity index (χ0n) is 20.6. The number of ether oxygens (including phenoxy) is 2. The van der Waals surface area contributed by atoms with Crippen LogP contribution in [0, 0.1) is 0 Å². The van der Waals surface area contributed by atoms with Gasteiger partial charge in [0.05, 0.1) is 12.5 Å². The maximum Gasteiger partial charge on any atom is 0.323 e. The number of amides is 2. The summed E-state index contributed by atoms with van der Waals surface area (Å²) in [6.07, 6.45) is 4.16. The highest BCUT2D eigenvalue weighted by Gasteiger charge is 2.46. The average Bonchev–Trinajstić information content (AvgIpc) is 2.80. The summed E-state index contributed by atoms with van der Waals surface area (Å²) in [5.41, 5.74) is 2.31. The van der Waals surface area contributed by atoms with Crippen molar-refractivity contribution in [2.24, 2.45) is 0 Å². The van der Waals surface area contributed by atoms with Crippen LogP contribution in [0.25, 0.3) is 0 Å². The monoisotopic (exact) mass is 473 g/mol. The van der Waals surface area contributed by atoms with Gasteiger partial charge in [-0.2, -0.15) is 0 Å². The molecule has 4 rings (SSSR count). The Morgan fingerprint density at radius 3 is 2.29 bits per heavy atom. The second-order valence-electron chi connectivity index (χ2n) is 9.79. The van der Waals surface area contributed by atoms with Crippen LogP contribution in [0.2, 0.25) is 0 Å². The first-order valence-corrected chi connectivity index (χ1v) is 11.7. The Kier molecular flexibility index (Phi) is 6.78. The SMILES string of the molecule is COC(=O)C1(c2ccc(NC(=O)Nc3cccnc3Oc3ccccc3C(C)(C)C)cc2)CCC1. The fraction of sp³-hybridized carbons (Fsp3) is 0.321. The van der Waals surface area contributed by atoms with Crippen molar-refractivity contribution in [3.8, 4) is 11.6 Å². The van der Waals surface area contributed by atoms with E-state index in [1.165, 1.54) is 7.11 Å². The molecule has 0 unspecified atom stereocenters. The lowest BCUT2D eigenvalue weighted by atomic mass is 9.64. The van der Waals surface area contributed by atoms with Crippen LogP contribution in [-0.2, 0) is 20.4 Å². The molecule has 1 saturated carbocycles. The van der Waals surface area contributed by atoms with Gasteiger partial charge in [0.25, 0.3) is 0 Å². The fourth-order valence-corrected chi connectivity index (χ4v) is 4.34. The summed E-state index contributed by atoms with van der Waals surface area (Å²) in [5.74, 6) is 0.785. The molecule has 35 heavy (non-hydrogen) atoms. The number of hydrogen-bond donors (Lipinski definition) is 2. The highest BCUT2D eigenvalue weighted by atomic mass is 16.5. The van der Waals surface area contributed by atoms with E-state index >= 15 is 0 Å². The van der Waals surface area contributed by atoms with Crippen molar-refractivity contribution in [2.45, 2.75) is 50.9 Å². The summed E-state index contributed by atoms with van der Waals surface area (Å²) in [4.78, 5) is 29.4. The van der Waals surface area contributed by atoms with E-state index < -0.39 is 11.4 Å². The van der Waals surface area contributed by atoms with Gasteiger partial charge in [0.2, 0.25) is 5.88 Å². The third-order valence-electron chi connectivity index (χ3n) is 6.40. The number of para-hydroxylation sites is 1. The number of carbonyl (C=O) groups is 2. The molecule has 1 fully saturated rings. The van der Waals surface area contributed by atoms with Crippen molar-refractivity contribution >= 4 is 23.4 Å².